The third-order valence-corrected chi connectivity index (χ3v) is 7.03. The van der Waals surface area contributed by atoms with Crippen molar-refractivity contribution >= 4 is 38.9 Å². The molecule has 10 heteroatoms. The summed E-state index contributed by atoms with van der Waals surface area (Å²) >= 11 is 6.38. The molecule has 1 aliphatic rings. The van der Waals surface area contributed by atoms with Crippen molar-refractivity contribution in [3.8, 4) is 5.69 Å². The summed E-state index contributed by atoms with van der Waals surface area (Å²) in [4.78, 5) is 12.8. The molecule has 2 aromatic carbocycles. The lowest BCUT2D eigenvalue weighted by Crippen LogP contribution is -2.25. The molecule has 156 valence electrons. The maximum atomic E-state index is 13.2. The SMILES string of the molecule is Cc1nn(-c2ccc(F)cc2)c(Cl)c1C(=O)Nc1ccc(N2CCCS2(=O)=O)cc1. The Hall–Kier alpha value is -2.91. The minimum Gasteiger partial charge on any atom is -0.322 e. The number of carbonyl (C=O) groups excluding carboxylic acids is 1. The van der Waals surface area contributed by atoms with Crippen LogP contribution < -0.4 is 9.62 Å². The predicted octanol–water partition coefficient (Wildman–Crippen LogP) is 3.77. The number of nitrogens with one attached hydrogen (secondary N) is 1. The van der Waals surface area contributed by atoms with Gasteiger partial charge in [0.15, 0.2) is 0 Å². The molecule has 0 aliphatic carbocycles. The van der Waals surface area contributed by atoms with Crippen molar-refractivity contribution in [2.45, 2.75) is 13.3 Å². The van der Waals surface area contributed by atoms with Crippen molar-refractivity contribution < 1.29 is 17.6 Å². The molecule has 0 unspecified atom stereocenters. The number of aromatic nitrogens is 2. The average molecular weight is 449 g/mol. The summed E-state index contributed by atoms with van der Waals surface area (Å²) in [7, 11) is -3.26. The average Bonchev–Trinajstić information content (AvgIpc) is 3.21. The first-order chi connectivity index (χ1) is 14.3. The topological polar surface area (TPSA) is 84.3 Å². The first-order valence-corrected chi connectivity index (χ1v) is 11.2. The zero-order valence-corrected chi connectivity index (χ0v) is 17.5. The van der Waals surface area contributed by atoms with Crippen LogP contribution in [-0.4, -0.2) is 36.4 Å². The predicted molar refractivity (Wildman–Crippen MR) is 113 cm³/mol. The fourth-order valence-electron chi connectivity index (χ4n) is 3.34. The highest BCUT2D eigenvalue weighted by Crippen LogP contribution is 2.27. The van der Waals surface area contributed by atoms with E-state index in [4.69, 9.17) is 11.6 Å². The highest BCUT2D eigenvalue weighted by atomic mass is 35.5. The third kappa shape index (κ3) is 3.78. The van der Waals surface area contributed by atoms with Crippen LogP contribution in [0.4, 0.5) is 15.8 Å². The van der Waals surface area contributed by atoms with Crippen LogP contribution in [-0.2, 0) is 10.0 Å². The molecule has 1 amide bonds. The molecule has 3 aromatic rings. The Balaban J connectivity index is 1.55. The molecule has 0 bridgehead atoms. The standard InChI is InChI=1S/C20H18ClFN4O3S/c1-13-18(19(21)26(24-13)17-7-3-14(22)4-8-17)20(27)23-15-5-9-16(10-6-15)25-11-2-12-30(25,28)29/h3-10H,2,11-12H2,1H3,(H,23,27). The molecular formula is C20H18ClFN4O3S. The summed E-state index contributed by atoms with van der Waals surface area (Å²) in [6.45, 7) is 2.10. The summed E-state index contributed by atoms with van der Waals surface area (Å²) in [5.41, 5.74) is 2.20. The van der Waals surface area contributed by atoms with Crippen LogP contribution in [0.15, 0.2) is 48.5 Å². The molecule has 7 nitrogen and oxygen atoms in total. The van der Waals surface area contributed by atoms with Gasteiger partial charge in [-0.3, -0.25) is 9.10 Å². The van der Waals surface area contributed by atoms with Crippen molar-refractivity contribution in [3.63, 3.8) is 0 Å². The van der Waals surface area contributed by atoms with E-state index in [-0.39, 0.29) is 22.3 Å². The van der Waals surface area contributed by atoms with Gasteiger partial charge in [-0.25, -0.2) is 17.5 Å². The van der Waals surface area contributed by atoms with Crippen LogP contribution in [0.2, 0.25) is 5.15 Å². The molecule has 1 fully saturated rings. The van der Waals surface area contributed by atoms with Gasteiger partial charge in [0.25, 0.3) is 5.91 Å². The number of carbonyl (C=O) groups is 1. The maximum Gasteiger partial charge on any atom is 0.260 e. The van der Waals surface area contributed by atoms with E-state index < -0.39 is 15.9 Å². The van der Waals surface area contributed by atoms with Gasteiger partial charge < -0.3 is 5.32 Å². The Morgan fingerprint density at radius 2 is 1.73 bits per heavy atom. The van der Waals surface area contributed by atoms with Crippen LogP contribution in [0.3, 0.4) is 0 Å². The smallest absolute Gasteiger partial charge is 0.260 e. The number of sulfonamides is 1. The van der Waals surface area contributed by atoms with Crippen LogP contribution in [0.25, 0.3) is 5.69 Å². The number of hydrogen-bond acceptors (Lipinski definition) is 4. The Morgan fingerprint density at radius 1 is 1.10 bits per heavy atom. The highest BCUT2D eigenvalue weighted by Gasteiger charge is 2.28. The third-order valence-electron chi connectivity index (χ3n) is 4.81. The second kappa shape index (κ2) is 7.73. The van der Waals surface area contributed by atoms with E-state index in [1.807, 2.05) is 0 Å². The zero-order chi connectivity index (χ0) is 21.5. The monoisotopic (exact) mass is 448 g/mol. The number of anilines is 2. The lowest BCUT2D eigenvalue weighted by atomic mass is 10.2. The van der Waals surface area contributed by atoms with Crippen LogP contribution in [0.5, 0.6) is 0 Å². The number of benzene rings is 2. The minimum absolute atomic E-state index is 0.108. The summed E-state index contributed by atoms with van der Waals surface area (Å²) < 4.78 is 40.0. The van der Waals surface area contributed by atoms with E-state index in [2.05, 4.69) is 10.4 Å². The second-order valence-electron chi connectivity index (χ2n) is 6.88. The number of nitrogens with zero attached hydrogens (tertiary/aromatic N) is 3. The normalized spacial score (nSPS) is 15.4. The molecule has 30 heavy (non-hydrogen) atoms. The molecule has 0 spiro atoms. The number of amides is 1. The second-order valence-corrected chi connectivity index (χ2v) is 9.25. The first kappa shape index (κ1) is 20.4. The van der Waals surface area contributed by atoms with Gasteiger partial charge in [-0.2, -0.15) is 5.10 Å². The van der Waals surface area contributed by atoms with Gasteiger partial charge in [-0.1, -0.05) is 11.6 Å². The Morgan fingerprint density at radius 3 is 2.33 bits per heavy atom. The molecule has 1 saturated heterocycles. The van der Waals surface area contributed by atoms with E-state index in [1.54, 1.807) is 31.2 Å². The number of rotatable bonds is 4. The molecule has 1 aromatic heterocycles. The van der Waals surface area contributed by atoms with Crippen molar-refractivity contribution in [2.24, 2.45) is 0 Å². The summed E-state index contributed by atoms with van der Waals surface area (Å²) in [5, 5.41) is 7.14. The van der Waals surface area contributed by atoms with Crippen LogP contribution in [0, 0.1) is 12.7 Å². The molecule has 1 N–H and O–H groups in total. The number of aryl methyl sites for hydroxylation is 1. The molecule has 0 atom stereocenters. The lowest BCUT2D eigenvalue weighted by molar-refractivity contribution is 0.102. The molecule has 4 rings (SSSR count). The Kier molecular flexibility index (Phi) is 5.25. The largest absolute Gasteiger partial charge is 0.322 e. The fraction of sp³-hybridized carbons (Fsp3) is 0.200. The van der Waals surface area contributed by atoms with Crippen molar-refractivity contribution in [1.82, 2.24) is 9.78 Å². The Labute approximate surface area is 178 Å². The van der Waals surface area contributed by atoms with Crippen molar-refractivity contribution in [1.29, 1.82) is 0 Å². The van der Waals surface area contributed by atoms with Gasteiger partial charge in [-0.05, 0) is 61.9 Å². The molecular weight excluding hydrogens is 431 g/mol. The first-order valence-electron chi connectivity index (χ1n) is 9.19. The minimum atomic E-state index is -3.26. The summed E-state index contributed by atoms with van der Waals surface area (Å²) in [6.07, 6.45) is 0.594. The van der Waals surface area contributed by atoms with Gasteiger partial charge in [0.2, 0.25) is 10.0 Å². The highest BCUT2D eigenvalue weighted by molar-refractivity contribution is 7.93. The van der Waals surface area contributed by atoms with E-state index in [0.29, 0.717) is 35.7 Å². The quantitative estimate of drug-likeness (QED) is 0.658. The van der Waals surface area contributed by atoms with E-state index in [1.165, 1.54) is 33.3 Å². The van der Waals surface area contributed by atoms with Crippen LogP contribution >= 0.6 is 11.6 Å². The number of hydrogen-bond donors (Lipinski definition) is 1. The van der Waals surface area contributed by atoms with Gasteiger partial charge >= 0.3 is 0 Å². The van der Waals surface area contributed by atoms with E-state index >= 15 is 0 Å². The molecule has 1 aliphatic heterocycles. The summed E-state index contributed by atoms with van der Waals surface area (Å²) in [5.74, 6) is -0.698. The lowest BCUT2D eigenvalue weighted by Gasteiger charge is -2.17. The molecule has 2 heterocycles. The zero-order valence-electron chi connectivity index (χ0n) is 16.0. The van der Waals surface area contributed by atoms with Gasteiger partial charge in [0, 0.05) is 12.2 Å². The Bertz CT molecular complexity index is 1210. The molecule has 0 saturated carbocycles. The van der Waals surface area contributed by atoms with Crippen molar-refractivity contribution in [3.05, 3.63) is 70.8 Å². The summed E-state index contributed by atoms with van der Waals surface area (Å²) in [6, 6.07) is 12.2. The molecule has 0 radical (unpaired) electrons. The number of halogens is 2. The fourth-order valence-corrected chi connectivity index (χ4v) is 5.27. The van der Waals surface area contributed by atoms with E-state index in [0.717, 1.165) is 0 Å². The van der Waals surface area contributed by atoms with Gasteiger partial charge in [0.05, 0.1) is 22.8 Å². The van der Waals surface area contributed by atoms with Gasteiger partial charge in [0.1, 0.15) is 16.5 Å². The van der Waals surface area contributed by atoms with Crippen LogP contribution in [0.1, 0.15) is 22.5 Å². The maximum absolute atomic E-state index is 13.2. The van der Waals surface area contributed by atoms with E-state index in [9.17, 15) is 17.6 Å². The van der Waals surface area contributed by atoms with Crippen molar-refractivity contribution in [2.75, 3.05) is 21.9 Å². The van der Waals surface area contributed by atoms with Gasteiger partial charge in [-0.15, -0.1) is 0 Å².